The van der Waals surface area contributed by atoms with Crippen molar-refractivity contribution >= 4 is 34.0 Å². The lowest BCUT2D eigenvalue weighted by molar-refractivity contribution is -0.137. The summed E-state index contributed by atoms with van der Waals surface area (Å²) < 4.78 is 39.5. The number of aromatic nitrogens is 2. The number of para-hydroxylation sites is 1. The Morgan fingerprint density at radius 2 is 1.97 bits per heavy atom. The largest absolute Gasteiger partial charge is 0.416 e. The smallest absolute Gasteiger partial charge is 0.399 e. The number of nitrogen functional groups attached to an aromatic ring is 1. The fourth-order valence-electron chi connectivity index (χ4n) is 3.84. The number of halogens is 3. The molecule has 0 bridgehead atoms. The van der Waals surface area contributed by atoms with Crippen LogP contribution in [0.5, 0.6) is 0 Å². The van der Waals surface area contributed by atoms with Gasteiger partial charge in [-0.2, -0.15) is 18.2 Å². The van der Waals surface area contributed by atoms with Crippen LogP contribution in [0.1, 0.15) is 25.3 Å². The summed E-state index contributed by atoms with van der Waals surface area (Å²) in [5.74, 6) is 1.01. The van der Waals surface area contributed by atoms with Gasteiger partial charge in [-0.05, 0) is 49.7 Å². The van der Waals surface area contributed by atoms with Crippen molar-refractivity contribution in [2.75, 3.05) is 35.6 Å². The third-order valence-corrected chi connectivity index (χ3v) is 5.29. The van der Waals surface area contributed by atoms with Gasteiger partial charge in [-0.1, -0.05) is 19.1 Å². The highest BCUT2D eigenvalue weighted by Crippen LogP contribution is 2.34. The SMILES string of the molecule is CCCNC1CCN(c2nc(Nc3cc(N)cc(C(F)(F)F)c3)nc3ccccc23)C1. The lowest BCUT2D eigenvalue weighted by Gasteiger charge is -2.21. The minimum Gasteiger partial charge on any atom is -0.399 e. The molecule has 6 nitrogen and oxygen atoms in total. The fraction of sp³-hybridized carbons (Fsp3) is 0.364. The van der Waals surface area contributed by atoms with E-state index in [0.29, 0.717) is 6.04 Å². The highest BCUT2D eigenvalue weighted by atomic mass is 19.4. The maximum absolute atomic E-state index is 13.2. The van der Waals surface area contributed by atoms with E-state index in [-0.39, 0.29) is 17.3 Å². The monoisotopic (exact) mass is 430 g/mol. The summed E-state index contributed by atoms with van der Waals surface area (Å²) in [6, 6.07) is 11.4. The average molecular weight is 430 g/mol. The van der Waals surface area contributed by atoms with Crippen LogP contribution in [0.4, 0.5) is 36.3 Å². The van der Waals surface area contributed by atoms with Gasteiger partial charge in [0, 0.05) is 35.9 Å². The van der Waals surface area contributed by atoms with Crippen molar-refractivity contribution in [1.82, 2.24) is 15.3 Å². The molecule has 4 N–H and O–H groups in total. The quantitative estimate of drug-likeness (QED) is 0.498. The van der Waals surface area contributed by atoms with Crippen LogP contribution < -0.4 is 21.3 Å². The van der Waals surface area contributed by atoms with Gasteiger partial charge in [0.15, 0.2) is 0 Å². The molecule has 0 aliphatic carbocycles. The zero-order chi connectivity index (χ0) is 22.0. The molecular weight excluding hydrogens is 405 g/mol. The number of alkyl halides is 3. The number of benzene rings is 2. The first-order valence-electron chi connectivity index (χ1n) is 10.3. The van der Waals surface area contributed by atoms with Crippen LogP contribution in [0.3, 0.4) is 0 Å². The van der Waals surface area contributed by atoms with Crippen molar-refractivity contribution in [3.63, 3.8) is 0 Å². The van der Waals surface area contributed by atoms with Gasteiger partial charge in [0.05, 0.1) is 11.1 Å². The summed E-state index contributed by atoms with van der Waals surface area (Å²) in [6.07, 6.45) is -2.41. The van der Waals surface area contributed by atoms with Crippen molar-refractivity contribution in [2.45, 2.75) is 32.0 Å². The van der Waals surface area contributed by atoms with Gasteiger partial charge in [0.25, 0.3) is 0 Å². The molecule has 2 aromatic carbocycles. The molecule has 4 rings (SSSR count). The Balaban J connectivity index is 1.67. The van der Waals surface area contributed by atoms with E-state index >= 15 is 0 Å². The van der Waals surface area contributed by atoms with Crippen LogP contribution in [-0.4, -0.2) is 35.6 Å². The number of nitrogens with two attached hydrogens (primary N) is 1. The molecule has 1 unspecified atom stereocenters. The number of nitrogens with zero attached hydrogens (tertiary/aromatic N) is 3. The van der Waals surface area contributed by atoms with Gasteiger partial charge in [-0.15, -0.1) is 0 Å². The van der Waals surface area contributed by atoms with Gasteiger partial charge >= 0.3 is 6.18 Å². The second-order valence-electron chi connectivity index (χ2n) is 7.74. The highest BCUT2D eigenvalue weighted by molar-refractivity contribution is 5.91. The highest BCUT2D eigenvalue weighted by Gasteiger charge is 2.31. The molecule has 1 aliphatic heterocycles. The first-order valence-corrected chi connectivity index (χ1v) is 10.3. The predicted molar refractivity (Wildman–Crippen MR) is 118 cm³/mol. The molecule has 0 spiro atoms. The molecule has 0 radical (unpaired) electrons. The zero-order valence-corrected chi connectivity index (χ0v) is 17.2. The first kappa shape index (κ1) is 21.2. The summed E-state index contributed by atoms with van der Waals surface area (Å²) in [6.45, 7) is 4.76. The minimum absolute atomic E-state index is 0.0164. The van der Waals surface area contributed by atoms with Gasteiger partial charge in [-0.25, -0.2) is 4.98 Å². The summed E-state index contributed by atoms with van der Waals surface area (Å²) >= 11 is 0. The number of nitrogens with one attached hydrogen (secondary N) is 2. The summed E-state index contributed by atoms with van der Waals surface area (Å²) in [5, 5.41) is 7.36. The average Bonchev–Trinajstić information content (AvgIpc) is 3.19. The number of hydrogen-bond acceptors (Lipinski definition) is 6. The Kier molecular flexibility index (Phi) is 5.86. The van der Waals surface area contributed by atoms with Gasteiger partial charge in [-0.3, -0.25) is 0 Å². The fourth-order valence-corrected chi connectivity index (χ4v) is 3.84. The Labute approximate surface area is 178 Å². The van der Waals surface area contributed by atoms with E-state index in [2.05, 4.69) is 32.4 Å². The Hall–Kier alpha value is -3.07. The zero-order valence-electron chi connectivity index (χ0n) is 17.2. The molecule has 0 amide bonds. The molecule has 1 fully saturated rings. The maximum Gasteiger partial charge on any atom is 0.416 e. The Morgan fingerprint density at radius 1 is 1.16 bits per heavy atom. The van der Waals surface area contributed by atoms with Crippen molar-refractivity contribution in [2.24, 2.45) is 0 Å². The number of hydrogen-bond donors (Lipinski definition) is 3. The van der Waals surface area contributed by atoms with Crippen LogP contribution in [0.25, 0.3) is 10.9 Å². The number of rotatable bonds is 6. The Morgan fingerprint density at radius 3 is 2.74 bits per heavy atom. The Bertz CT molecular complexity index is 1070. The topological polar surface area (TPSA) is 79.1 Å². The molecule has 1 saturated heterocycles. The molecule has 1 aliphatic rings. The standard InChI is InChI=1S/C22H25F3N6/c1-2-8-27-16-7-9-31(13-16)20-18-5-3-4-6-19(18)29-21(30-20)28-17-11-14(22(23,24)25)10-15(26)12-17/h3-6,10-12,16,27H,2,7-9,13,26H2,1H3,(H,28,29,30). The molecule has 31 heavy (non-hydrogen) atoms. The van der Waals surface area contributed by atoms with Crippen molar-refractivity contribution in [1.29, 1.82) is 0 Å². The molecule has 0 saturated carbocycles. The minimum atomic E-state index is -4.49. The van der Waals surface area contributed by atoms with Gasteiger partial charge in [0.2, 0.25) is 5.95 Å². The van der Waals surface area contributed by atoms with Crippen LogP contribution in [0.2, 0.25) is 0 Å². The third kappa shape index (κ3) is 4.82. The van der Waals surface area contributed by atoms with E-state index < -0.39 is 11.7 Å². The van der Waals surface area contributed by atoms with E-state index in [1.165, 1.54) is 6.07 Å². The number of fused-ring (bicyclic) bond motifs is 1. The van der Waals surface area contributed by atoms with E-state index in [1.807, 2.05) is 24.3 Å². The van der Waals surface area contributed by atoms with Crippen LogP contribution >= 0.6 is 0 Å². The molecule has 3 aromatic rings. The summed E-state index contributed by atoms with van der Waals surface area (Å²) in [4.78, 5) is 11.4. The van der Waals surface area contributed by atoms with Gasteiger partial charge in [0.1, 0.15) is 5.82 Å². The lowest BCUT2D eigenvalue weighted by Crippen LogP contribution is -2.33. The molecule has 1 atom stereocenters. The first-order chi connectivity index (χ1) is 14.8. The van der Waals surface area contributed by atoms with E-state index in [0.717, 1.165) is 61.3 Å². The molecule has 164 valence electrons. The summed E-state index contributed by atoms with van der Waals surface area (Å²) in [5.41, 5.74) is 5.80. The number of anilines is 4. The second kappa shape index (κ2) is 8.58. The van der Waals surface area contributed by atoms with Crippen molar-refractivity contribution in [3.8, 4) is 0 Å². The maximum atomic E-state index is 13.2. The van der Waals surface area contributed by atoms with E-state index in [9.17, 15) is 13.2 Å². The lowest BCUT2D eigenvalue weighted by atomic mass is 10.1. The van der Waals surface area contributed by atoms with Crippen LogP contribution in [0, 0.1) is 0 Å². The van der Waals surface area contributed by atoms with E-state index in [4.69, 9.17) is 5.73 Å². The van der Waals surface area contributed by atoms with Crippen LogP contribution in [-0.2, 0) is 6.18 Å². The third-order valence-electron chi connectivity index (χ3n) is 5.29. The van der Waals surface area contributed by atoms with Crippen molar-refractivity contribution < 1.29 is 13.2 Å². The van der Waals surface area contributed by atoms with E-state index in [1.54, 1.807) is 0 Å². The molecule has 9 heteroatoms. The molecular formula is C22H25F3N6. The van der Waals surface area contributed by atoms with Gasteiger partial charge < -0.3 is 21.3 Å². The molecule has 1 aromatic heterocycles. The second-order valence-corrected chi connectivity index (χ2v) is 7.74. The molecule has 2 heterocycles. The normalized spacial score (nSPS) is 16.8. The summed E-state index contributed by atoms with van der Waals surface area (Å²) in [7, 11) is 0. The van der Waals surface area contributed by atoms with Crippen molar-refractivity contribution in [3.05, 3.63) is 48.0 Å². The predicted octanol–water partition coefficient (Wildman–Crippen LogP) is 4.55. The van der Waals surface area contributed by atoms with Crippen LogP contribution in [0.15, 0.2) is 42.5 Å².